The van der Waals surface area contributed by atoms with Gasteiger partial charge in [-0.25, -0.2) is 9.37 Å². The number of nitrogens with zero attached hydrogens (tertiary/aromatic N) is 7. The third kappa shape index (κ3) is 5.67. The van der Waals surface area contributed by atoms with Gasteiger partial charge >= 0.3 is 0 Å². The highest BCUT2D eigenvalue weighted by Gasteiger charge is 2.39. The molecule has 0 radical (unpaired) electrons. The number of carbonyl (C=O) groups excluding carboxylic acids is 1. The minimum absolute atomic E-state index is 0.0524. The number of halogens is 1. The third-order valence-corrected chi connectivity index (χ3v) is 10.1. The molecule has 9 nitrogen and oxygen atoms in total. The topological polar surface area (TPSA) is 90.2 Å². The van der Waals surface area contributed by atoms with Gasteiger partial charge in [0, 0.05) is 38.9 Å². The van der Waals surface area contributed by atoms with Crippen LogP contribution >= 0.6 is 11.3 Å². The van der Waals surface area contributed by atoms with E-state index in [1.54, 1.807) is 17.0 Å². The first-order valence-corrected chi connectivity index (χ1v) is 15.8. The van der Waals surface area contributed by atoms with Crippen molar-refractivity contribution in [2.45, 2.75) is 44.9 Å². The number of aliphatic hydroxyl groups is 1. The monoisotopic (exact) mass is 603 g/mol. The second-order valence-electron chi connectivity index (χ2n) is 11.7. The molecule has 6 rings (SSSR count). The number of allylic oxidation sites excluding steroid dienone is 3. The smallest absolute Gasteiger partial charge is 0.236 e. The molecule has 11 heteroatoms. The maximum Gasteiger partial charge on any atom is 0.236 e. The zero-order valence-corrected chi connectivity index (χ0v) is 25.7. The Hall–Kier alpha value is -3.72. The number of β-amino-alcohol motifs (C(OH)–C–C–N with tert-alkyl or cyclic N) is 1. The number of benzene rings is 1. The highest BCUT2D eigenvalue weighted by atomic mass is 32.1. The van der Waals surface area contributed by atoms with Crippen LogP contribution in [0.1, 0.15) is 37.5 Å². The molecule has 4 aliphatic heterocycles. The Bertz CT molecular complexity index is 1500. The molecule has 43 heavy (non-hydrogen) atoms. The maximum absolute atomic E-state index is 13.6. The quantitative estimate of drug-likeness (QED) is 0.505. The Morgan fingerprint density at radius 2 is 1.95 bits per heavy atom. The van der Waals surface area contributed by atoms with Crippen LogP contribution in [0.25, 0.3) is 11.3 Å². The SMILES string of the molecule is CCC1=C(N(C)c2nc(-c3ccc(F)cc3)c(C#N)s2)N2C=C(C3CCN(CC(=O)N4CC[C@H](O)C4)CC3)C=CC2N1C. The number of aromatic nitrogens is 1. The van der Waals surface area contributed by atoms with Crippen molar-refractivity contribution < 1.29 is 14.3 Å². The highest BCUT2D eigenvalue weighted by molar-refractivity contribution is 7.16. The lowest BCUT2D eigenvalue weighted by Gasteiger charge is -2.37. The Morgan fingerprint density at radius 1 is 1.21 bits per heavy atom. The van der Waals surface area contributed by atoms with Crippen molar-refractivity contribution in [3.8, 4) is 17.3 Å². The third-order valence-electron chi connectivity index (χ3n) is 9.07. The molecular formula is C32H38FN7O2S. The molecule has 2 atom stereocenters. The highest BCUT2D eigenvalue weighted by Crippen LogP contribution is 2.41. The van der Waals surface area contributed by atoms with Gasteiger partial charge in [-0.3, -0.25) is 9.69 Å². The van der Waals surface area contributed by atoms with Gasteiger partial charge in [0.1, 0.15) is 34.4 Å². The summed E-state index contributed by atoms with van der Waals surface area (Å²) in [6.45, 7) is 5.41. The molecule has 2 saturated heterocycles. The molecule has 0 spiro atoms. The minimum atomic E-state index is -0.389. The van der Waals surface area contributed by atoms with Gasteiger partial charge in [-0.2, -0.15) is 5.26 Å². The molecule has 2 aromatic rings. The zero-order valence-electron chi connectivity index (χ0n) is 24.9. The van der Waals surface area contributed by atoms with Gasteiger partial charge in [0.05, 0.1) is 18.3 Å². The normalized spacial score (nSPS) is 22.7. The second kappa shape index (κ2) is 12.1. The molecule has 226 valence electrons. The molecule has 1 aromatic carbocycles. The Labute approximate surface area is 256 Å². The number of amides is 1. The predicted octanol–water partition coefficient (Wildman–Crippen LogP) is 4.17. The number of aliphatic hydroxyl groups excluding tert-OH is 1. The summed E-state index contributed by atoms with van der Waals surface area (Å²) in [5.41, 5.74) is 3.75. The van der Waals surface area contributed by atoms with E-state index in [2.05, 4.69) is 58.0 Å². The number of hydrogen-bond acceptors (Lipinski definition) is 9. The van der Waals surface area contributed by atoms with Crippen LogP contribution in [0.3, 0.4) is 0 Å². The summed E-state index contributed by atoms with van der Waals surface area (Å²) in [5, 5.41) is 20.4. The van der Waals surface area contributed by atoms with Gasteiger partial charge in [-0.15, -0.1) is 0 Å². The van der Waals surface area contributed by atoms with Crippen LogP contribution in [0.4, 0.5) is 9.52 Å². The van der Waals surface area contributed by atoms with Crippen LogP contribution in [-0.4, -0.2) is 94.7 Å². The number of thiazole rings is 1. The Morgan fingerprint density at radius 3 is 2.60 bits per heavy atom. The molecule has 1 N–H and O–H groups in total. The largest absolute Gasteiger partial charge is 0.391 e. The van der Waals surface area contributed by atoms with E-state index in [4.69, 9.17) is 4.98 Å². The first-order valence-electron chi connectivity index (χ1n) is 15.0. The summed E-state index contributed by atoms with van der Waals surface area (Å²) < 4.78 is 13.6. The summed E-state index contributed by atoms with van der Waals surface area (Å²) in [6.07, 6.45) is 9.92. The fourth-order valence-corrected chi connectivity index (χ4v) is 7.51. The van der Waals surface area contributed by atoms with E-state index < -0.39 is 0 Å². The molecule has 4 aliphatic rings. The standard InChI is InChI=1S/C32H38FN7O2S/c1-4-26-31(37(3)32-35-30(27(17-34)43-32)22-5-8-24(33)9-6-22)40-18-23(7-10-28(40)36(26)2)21-11-14-38(15-12-21)20-29(42)39-16-13-25(41)19-39/h5-10,18,21,25,28,41H,4,11-16,19-20H2,1-3H3/t25-,28?/m0/s1. The van der Waals surface area contributed by atoms with Crippen LogP contribution in [-0.2, 0) is 4.79 Å². The lowest BCUT2D eigenvalue weighted by atomic mass is 9.88. The van der Waals surface area contributed by atoms with Crippen molar-refractivity contribution in [3.05, 3.63) is 70.4 Å². The summed E-state index contributed by atoms with van der Waals surface area (Å²) in [6, 6.07) is 8.38. The number of rotatable bonds is 7. The van der Waals surface area contributed by atoms with E-state index in [1.807, 2.05) is 7.05 Å². The van der Waals surface area contributed by atoms with Gasteiger partial charge in [-0.1, -0.05) is 24.3 Å². The first-order chi connectivity index (χ1) is 20.8. The number of anilines is 1. The van der Waals surface area contributed by atoms with E-state index in [9.17, 15) is 19.6 Å². The van der Waals surface area contributed by atoms with E-state index in [1.165, 1.54) is 34.7 Å². The fraction of sp³-hybridized carbons (Fsp3) is 0.469. The number of likely N-dealkylation sites (N-methyl/N-ethyl adjacent to an activating group) is 1. The summed E-state index contributed by atoms with van der Waals surface area (Å²) in [7, 11) is 4.11. The fourth-order valence-electron chi connectivity index (χ4n) is 6.66. The van der Waals surface area contributed by atoms with Crippen molar-refractivity contribution in [3.63, 3.8) is 0 Å². The predicted molar refractivity (Wildman–Crippen MR) is 165 cm³/mol. The van der Waals surface area contributed by atoms with E-state index >= 15 is 0 Å². The van der Waals surface area contributed by atoms with E-state index in [0.29, 0.717) is 53.2 Å². The van der Waals surface area contributed by atoms with Gasteiger partial charge in [0.2, 0.25) is 5.91 Å². The van der Waals surface area contributed by atoms with Crippen molar-refractivity contribution >= 4 is 22.4 Å². The number of fused-ring (bicyclic) bond motifs is 1. The maximum atomic E-state index is 13.6. The van der Waals surface area contributed by atoms with Crippen LogP contribution < -0.4 is 4.90 Å². The molecule has 0 bridgehead atoms. The average molecular weight is 604 g/mol. The Balaban J connectivity index is 1.19. The molecule has 1 unspecified atom stereocenters. The van der Waals surface area contributed by atoms with E-state index in [0.717, 1.165) is 38.2 Å². The summed E-state index contributed by atoms with van der Waals surface area (Å²) in [5.74, 6) is 1.23. The van der Waals surface area contributed by atoms with Crippen LogP contribution in [0.2, 0.25) is 0 Å². The lowest BCUT2D eigenvalue weighted by Crippen LogP contribution is -2.43. The van der Waals surface area contributed by atoms with E-state index in [-0.39, 0.29) is 24.0 Å². The van der Waals surface area contributed by atoms with Gasteiger partial charge in [-0.05, 0) is 80.6 Å². The molecule has 5 heterocycles. The van der Waals surface area contributed by atoms with Crippen LogP contribution in [0, 0.1) is 23.1 Å². The molecular weight excluding hydrogens is 565 g/mol. The number of hydrogen-bond donors (Lipinski definition) is 1. The molecule has 1 amide bonds. The lowest BCUT2D eigenvalue weighted by molar-refractivity contribution is -0.132. The molecule has 2 fully saturated rings. The average Bonchev–Trinajstić information content (AvgIpc) is 3.73. The zero-order chi connectivity index (χ0) is 30.2. The van der Waals surface area contributed by atoms with Crippen molar-refractivity contribution in [2.24, 2.45) is 5.92 Å². The minimum Gasteiger partial charge on any atom is -0.391 e. The molecule has 0 aliphatic carbocycles. The van der Waals surface area contributed by atoms with Crippen LogP contribution in [0.15, 0.2) is 59.7 Å². The van der Waals surface area contributed by atoms with Gasteiger partial charge in [0.25, 0.3) is 0 Å². The Kier molecular flexibility index (Phi) is 8.27. The van der Waals surface area contributed by atoms with Gasteiger partial charge < -0.3 is 24.7 Å². The number of nitriles is 1. The number of carbonyl (C=O) groups is 1. The summed E-state index contributed by atoms with van der Waals surface area (Å²) in [4.78, 5) is 28.8. The number of piperidine rings is 1. The van der Waals surface area contributed by atoms with Gasteiger partial charge in [0.15, 0.2) is 5.13 Å². The van der Waals surface area contributed by atoms with Crippen molar-refractivity contribution in [1.82, 2.24) is 24.6 Å². The van der Waals surface area contributed by atoms with Crippen molar-refractivity contribution in [1.29, 1.82) is 5.26 Å². The summed E-state index contributed by atoms with van der Waals surface area (Å²) >= 11 is 1.34. The molecule has 0 saturated carbocycles. The van der Waals surface area contributed by atoms with Crippen LogP contribution in [0.5, 0.6) is 0 Å². The second-order valence-corrected chi connectivity index (χ2v) is 12.7. The molecule has 1 aromatic heterocycles. The van der Waals surface area contributed by atoms with Crippen molar-refractivity contribution in [2.75, 3.05) is 51.7 Å². The number of likely N-dealkylation sites (tertiary alicyclic amines) is 2. The first kappa shape index (κ1) is 29.4.